The van der Waals surface area contributed by atoms with Crippen molar-refractivity contribution in [3.05, 3.63) is 29.3 Å². The molecule has 0 bridgehead atoms. The van der Waals surface area contributed by atoms with Gasteiger partial charge in [-0.1, -0.05) is 38.5 Å². The monoisotopic (exact) mass is 384 g/mol. The van der Waals surface area contributed by atoms with E-state index in [4.69, 9.17) is 13.8 Å². The predicted octanol–water partition coefficient (Wildman–Crippen LogP) is 5.63. The van der Waals surface area contributed by atoms with Crippen LogP contribution in [-0.2, 0) is 23.8 Å². The molecule has 5 nitrogen and oxygen atoms in total. The highest BCUT2D eigenvalue weighted by atomic mass is 31.2. The smallest absolute Gasteiger partial charge is 0.345 e. The third kappa shape index (κ3) is 6.22. The average molecular weight is 384 g/mol. The molecule has 0 saturated carbocycles. The maximum absolute atomic E-state index is 13.2. The molecule has 0 amide bonds. The molecule has 0 aliphatic heterocycles. The van der Waals surface area contributed by atoms with E-state index in [2.05, 4.69) is 20.8 Å². The van der Waals surface area contributed by atoms with Crippen molar-refractivity contribution >= 4 is 13.6 Å². The third-order valence-electron chi connectivity index (χ3n) is 3.68. The molecule has 1 unspecified atom stereocenters. The van der Waals surface area contributed by atoms with Crippen molar-refractivity contribution in [3.63, 3.8) is 0 Å². The van der Waals surface area contributed by atoms with Crippen molar-refractivity contribution in [1.82, 2.24) is 0 Å². The minimum atomic E-state index is -3.66. The van der Waals surface area contributed by atoms with Crippen molar-refractivity contribution in [2.24, 2.45) is 0 Å². The van der Waals surface area contributed by atoms with Crippen LogP contribution in [-0.4, -0.2) is 23.8 Å². The highest BCUT2D eigenvalue weighted by molar-refractivity contribution is 7.55. The molecule has 0 aromatic heterocycles. The quantitative estimate of drug-likeness (QED) is 0.346. The summed E-state index contributed by atoms with van der Waals surface area (Å²) < 4.78 is 29.8. The Bertz CT molecular complexity index is 659. The second kappa shape index (κ2) is 8.69. The fourth-order valence-electron chi connectivity index (χ4n) is 2.44. The standard InChI is InChI=1S/C20H33O5P/c1-13(2)24-26(22,25-14(3)4)16(6)19(21)23-18-11-10-15(5)12-17(18)20(7,8)9/h10-14,16H,1-9H3. The fraction of sp³-hybridized carbons (Fsp3) is 0.650. The highest BCUT2D eigenvalue weighted by Gasteiger charge is 2.41. The first-order valence-electron chi connectivity index (χ1n) is 9.05. The molecule has 1 rings (SSSR count). The summed E-state index contributed by atoms with van der Waals surface area (Å²) in [6.45, 7) is 16.7. The van der Waals surface area contributed by atoms with Gasteiger partial charge in [0.05, 0.1) is 12.2 Å². The number of esters is 1. The van der Waals surface area contributed by atoms with Gasteiger partial charge >= 0.3 is 13.6 Å². The van der Waals surface area contributed by atoms with E-state index in [0.29, 0.717) is 5.75 Å². The Morgan fingerprint density at radius 3 is 1.92 bits per heavy atom. The molecule has 26 heavy (non-hydrogen) atoms. The maximum atomic E-state index is 13.2. The van der Waals surface area contributed by atoms with E-state index >= 15 is 0 Å². The molecule has 0 aliphatic carbocycles. The molecule has 148 valence electrons. The molecule has 0 aliphatic rings. The van der Waals surface area contributed by atoms with E-state index in [9.17, 15) is 9.36 Å². The summed E-state index contributed by atoms with van der Waals surface area (Å²) in [5.41, 5.74) is 0.779. The van der Waals surface area contributed by atoms with Crippen LogP contribution in [0.15, 0.2) is 18.2 Å². The zero-order valence-electron chi connectivity index (χ0n) is 17.5. The van der Waals surface area contributed by atoms with Gasteiger partial charge in [0, 0.05) is 5.56 Å². The lowest BCUT2D eigenvalue weighted by Gasteiger charge is -2.27. The fourth-order valence-corrected chi connectivity index (χ4v) is 4.34. The molecular formula is C20H33O5P. The summed E-state index contributed by atoms with van der Waals surface area (Å²) >= 11 is 0. The summed E-state index contributed by atoms with van der Waals surface area (Å²) in [5, 5.41) is 0. The van der Waals surface area contributed by atoms with Gasteiger partial charge in [-0.2, -0.15) is 0 Å². The first-order chi connectivity index (χ1) is 11.8. The van der Waals surface area contributed by atoms with E-state index < -0.39 is 19.2 Å². The van der Waals surface area contributed by atoms with Crippen LogP contribution >= 0.6 is 7.60 Å². The Labute approximate surface area is 158 Å². The summed E-state index contributed by atoms with van der Waals surface area (Å²) in [6, 6.07) is 5.66. The highest BCUT2D eigenvalue weighted by Crippen LogP contribution is 2.55. The van der Waals surface area contributed by atoms with E-state index in [1.807, 2.05) is 19.1 Å². The van der Waals surface area contributed by atoms with Gasteiger partial charge in [-0.3, -0.25) is 9.36 Å². The zero-order chi connectivity index (χ0) is 20.3. The van der Waals surface area contributed by atoms with Gasteiger partial charge in [0.2, 0.25) is 0 Å². The average Bonchev–Trinajstić information content (AvgIpc) is 2.45. The Morgan fingerprint density at radius 1 is 1.00 bits per heavy atom. The number of hydrogen-bond donors (Lipinski definition) is 0. The van der Waals surface area contributed by atoms with Gasteiger partial charge in [0.1, 0.15) is 5.75 Å². The molecule has 0 spiro atoms. The molecular weight excluding hydrogens is 351 g/mol. The Hall–Kier alpha value is -1.16. The second-order valence-corrected chi connectivity index (χ2v) is 10.5. The van der Waals surface area contributed by atoms with E-state index in [1.54, 1.807) is 33.8 Å². The van der Waals surface area contributed by atoms with Gasteiger partial charge in [-0.25, -0.2) is 0 Å². The summed E-state index contributed by atoms with van der Waals surface area (Å²) in [4.78, 5) is 12.7. The lowest BCUT2D eigenvalue weighted by molar-refractivity contribution is -0.134. The van der Waals surface area contributed by atoms with Gasteiger partial charge < -0.3 is 13.8 Å². The number of carbonyl (C=O) groups is 1. The number of rotatable bonds is 7. The van der Waals surface area contributed by atoms with Crippen LogP contribution in [0.2, 0.25) is 0 Å². The normalized spacial score (nSPS) is 14.0. The topological polar surface area (TPSA) is 61.8 Å². The summed E-state index contributed by atoms with van der Waals surface area (Å²) in [7, 11) is -3.66. The minimum Gasteiger partial charge on any atom is -0.426 e. The zero-order valence-corrected chi connectivity index (χ0v) is 18.3. The van der Waals surface area contributed by atoms with E-state index in [-0.39, 0.29) is 17.6 Å². The second-order valence-electron chi connectivity index (χ2n) is 8.19. The van der Waals surface area contributed by atoms with Crippen LogP contribution in [0.5, 0.6) is 5.75 Å². The molecule has 0 heterocycles. The van der Waals surface area contributed by atoms with Gasteiger partial charge in [0.15, 0.2) is 5.66 Å². The molecule has 1 aromatic rings. The first kappa shape index (κ1) is 22.9. The van der Waals surface area contributed by atoms with Crippen molar-refractivity contribution < 1.29 is 23.1 Å². The molecule has 0 saturated heterocycles. The molecule has 1 aromatic carbocycles. The molecule has 6 heteroatoms. The van der Waals surface area contributed by atoms with Crippen molar-refractivity contribution in [3.8, 4) is 5.75 Å². The minimum absolute atomic E-state index is 0.197. The van der Waals surface area contributed by atoms with Crippen LogP contribution in [0, 0.1) is 6.92 Å². The maximum Gasteiger partial charge on any atom is 0.345 e. The molecule has 1 atom stereocenters. The molecule has 0 radical (unpaired) electrons. The number of carbonyl (C=O) groups excluding carboxylic acids is 1. The summed E-state index contributed by atoms with van der Waals surface area (Å²) in [6.07, 6.45) is -0.668. The van der Waals surface area contributed by atoms with Gasteiger partial charge in [-0.15, -0.1) is 0 Å². The summed E-state index contributed by atoms with van der Waals surface area (Å²) in [5.74, 6) is -0.149. The number of aryl methyl sites for hydroxylation is 1. The Kier molecular flexibility index (Phi) is 7.64. The van der Waals surface area contributed by atoms with Crippen molar-refractivity contribution in [1.29, 1.82) is 0 Å². The largest absolute Gasteiger partial charge is 0.426 e. The third-order valence-corrected chi connectivity index (χ3v) is 6.28. The lowest BCUT2D eigenvalue weighted by atomic mass is 9.85. The van der Waals surface area contributed by atoms with Gasteiger partial charge in [0.25, 0.3) is 0 Å². The van der Waals surface area contributed by atoms with Crippen molar-refractivity contribution in [2.45, 2.75) is 85.6 Å². The Balaban J connectivity index is 3.14. The van der Waals surface area contributed by atoms with Crippen LogP contribution in [0.4, 0.5) is 0 Å². The SMILES string of the molecule is Cc1ccc(OC(=O)C(C)P(=O)(OC(C)C)OC(C)C)c(C(C)(C)C)c1. The van der Waals surface area contributed by atoms with Crippen LogP contribution < -0.4 is 4.74 Å². The molecule has 0 N–H and O–H groups in total. The van der Waals surface area contributed by atoms with E-state index in [0.717, 1.165) is 11.1 Å². The number of ether oxygens (including phenoxy) is 1. The van der Waals surface area contributed by atoms with Crippen molar-refractivity contribution in [2.75, 3.05) is 0 Å². The molecule has 0 fully saturated rings. The Morgan fingerprint density at radius 2 is 1.50 bits per heavy atom. The first-order valence-corrected chi connectivity index (χ1v) is 10.7. The predicted molar refractivity (Wildman–Crippen MR) is 105 cm³/mol. The number of benzene rings is 1. The number of hydrogen-bond acceptors (Lipinski definition) is 5. The van der Waals surface area contributed by atoms with Crippen LogP contribution in [0.1, 0.15) is 66.5 Å². The van der Waals surface area contributed by atoms with E-state index in [1.165, 1.54) is 6.92 Å². The van der Waals surface area contributed by atoms with Crippen LogP contribution in [0.3, 0.4) is 0 Å². The van der Waals surface area contributed by atoms with Crippen LogP contribution in [0.25, 0.3) is 0 Å². The lowest BCUT2D eigenvalue weighted by Crippen LogP contribution is -2.28. The van der Waals surface area contributed by atoms with Gasteiger partial charge in [-0.05, 0) is 53.0 Å².